The van der Waals surface area contributed by atoms with E-state index in [-0.39, 0.29) is 5.69 Å². The number of methoxy groups -OCH3 is 1. The van der Waals surface area contributed by atoms with Gasteiger partial charge in [0, 0.05) is 7.11 Å². The zero-order chi connectivity index (χ0) is 14.3. The summed E-state index contributed by atoms with van der Waals surface area (Å²) in [5, 5.41) is 1.55. The van der Waals surface area contributed by atoms with Gasteiger partial charge in [0.15, 0.2) is 0 Å². The standard InChI is InChI=1S/C11H9F3N2O3/c1-19-10(11(12,13)14)8(17)16(9(18)15-10)7-5-3-2-4-6-7/h2-6H,1H3,(H,15,18). The monoisotopic (exact) mass is 274 g/mol. The highest BCUT2D eigenvalue weighted by molar-refractivity contribution is 6.23. The van der Waals surface area contributed by atoms with Gasteiger partial charge in [0.1, 0.15) is 0 Å². The van der Waals surface area contributed by atoms with E-state index in [2.05, 4.69) is 4.74 Å². The van der Waals surface area contributed by atoms with E-state index < -0.39 is 23.8 Å². The first kappa shape index (κ1) is 13.3. The number of carbonyl (C=O) groups excluding carboxylic acids is 2. The molecule has 102 valence electrons. The molecule has 1 aliphatic rings. The van der Waals surface area contributed by atoms with Crippen LogP contribution >= 0.6 is 0 Å². The van der Waals surface area contributed by atoms with Crippen LogP contribution in [0.15, 0.2) is 30.3 Å². The van der Waals surface area contributed by atoms with Gasteiger partial charge in [-0.3, -0.25) is 10.1 Å². The third-order valence-corrected chi connectivity index (χ3v) is 2.71. The van der Waals surface area contributed by atoms with Crippen molar-refractivity contribution in [1.29, 1.82) is 0 Å². The first-order valence-corrected chi connectivity index (χ1v) is 5.17. The van der Waals surface area contributed by atoms with Gasteiger partial charge < -0.3 is 4.74 Å². The number of urea groups is 1. The molecule has 1 atom stereocenters. The van der Waals surface area contributed by atoms with E-state index in [9.17, 15) is 22.8 Å². The molecule has 5 nitrogen and oxygen atoms in total. The number of halogens is 3. The number of hydrogen-bond acceptors (Lipinski definition) is 3. The Morgan fingerprint density at radius 2 is 1.79 bits per heavy atom. The molecule has 19 heavy (non-hydrogen) atoms. The van der Waals surface area contributed by atoms with Crippen molar-refractivity contribution in [3.63, 3.8) is 0 Å². The summed E-state index contributed by atoms with van der Waals surface area (Å²) < 4.78 is 43.1. The number of rotatable bonds is 2. The van der Waals surface area contributed by atoms with E-state index in [0.29, 0.717) is 12.0 Å². The number of anilines is 1. The minimum Gasteiger partial charge on any atom is -0.344 e. The molecule has 1 fully saturated rings. The lowest BCUT2D eigenvalue weighted by Crippen LogP contribution is -2.60. The van der Waals surface area contributed by atoms with Crippen molar-refractivity contribution >= 4 is 17.6 Å². The average molecular weight is 274 g/mol. The summed E-state index contributed by atoms with van der Waals surface area (Å²) in [5.41, 5.74) is -3.30. The number of para-hydroxylation sites is 1. The van der Waals surface area contributed by atoms with E-state index >= 15 is 0 Å². The normalized spacial score (nSPS) is 23.7. The second kappa shape index (κ2) is 4.23. The zero-order valence-electron chi connectivity index (χ0n) is 9.69. The van der Waals surface area contributed by atoms with Crippen molar-refractivity contribution in [3.8, 4) is 0 Å². The second-order valence-corrected chi connectivity index (χ2v) is 3.79. The van der Waals surface area contributed by atoms with Gasteiger partial charge in [0.25, 0.3) is 5.91 Å². The van der Waals surface area contributed by atoms with Crippen LogP contribution in [0.25, 0.3) is 0 Å². The largest absolute Gasteiger partial charge is 0.446 e. The Morgan fingerprint density at radius 3 is 2.21 bits per heavy atom. The third kappa shape index (κ3) is 1.84. The number of benzene rings is 1. The van der Waals surface area contributed by atoms with Crippen molar-refractivity contribution in [2.75, 3.05) is 12.0 Å². The number of nitrogens with one attached hydrogen (secondary N) is 1. The first-order chi connectivity index (χ1) is 8.83. The molecule has 8 heteroatoms. The Bertz CT molecular complexity index is 518. The van der Waals surface area contributed by atoms with Crippen LogP contribution in [0.3, 0.4) is 0 Å². The van der Waals surface area contributed by atoms with Gasteiger partial charge >= 0.3 is 17.9 Å². The van der Waals surface area contributed by atoms with E-state index in [1.54, 1.807) is 11.4 Å². The van der Waals surface area contributed by atoms with Crippen molar-refractivity contribution in [2.45, 2.75) is 11.9 Å². The van der Waals surface area contributed by atoms with Crippen molar-refractivity contribution < 1.29 is 27.5 Å². The summed E-state index contributed by atoms with van der Waals surface area (Å²) in [4.78, 5) is 23.9. The van der Waals surface area contributed by atoms with Crippen LogP contribution in [0.2, 0.25) is 0 Å². The molecule has 0 saturated carbocycles. The molecule has 3 amide bonds. The number of imide groups is 1. The van der Waals surface area contributed by atoms with Gasteiger partial charge in [-0.15, -0.1) is 0 Å². The molecule has 2 rings (SSSR count). The van der Waals surface area contributed by atoms with Crippen molar-refractivity contribution in [3.05, 3.63) is 30.3 Å². The minimum atomic E-state index is -5.06. The molecule has 1 aromatic rings. The SMILES string of the molecule is COC1(C(F)(F)F)NC(=O)N(c2ccccc2)C1=O. The van der Waals surface area contributed by atoms with Crippen LogP contribution < -0.4 is 10.2 Å². The van der Waals surface area contributed by atoms with Crippen LogP contribution in [0.5, 0.6) is 0 Å². The fourth-order valence-corrected chi connectivity index (χ4v) is 1.77. The molecule has 1 aliphatic heterocycles. The predicted molar refractivity (Wildman–Crippen MR) is 58.3 cm³/mol. The molecule has 1 aromatic carbocycles. The average Bonchev–Trinajstić information content (AvgIpc) is 2.62. The van der Waals surface area contributed by atoms with Crippen LogP contribution in [-0.2, 0) is 9.53 Å². The fourth-order valence-electron chi connectivity index (χ4n) is 1.77. The number of nitrogens with zero attached hydrogens (tertiary/aromatic N) is 1. The Balaban J connectivity index is 2.47. The lowest BCUT2D eigenvalue weighted by Gasteiger charge is -2.26. The van der Waals surface area contributed by atoms with Gasteiger partial charge in [0.05, 0.1) is 5.69 Å². The molecule has 1 N–H and O–H groups in total. The molecule has 1 saturated heterocycles. The third-order valence-electron chi connectivity index (χ3n) is 2.71. The van der Waals surface area contributed by atoms with Gasteiger partial charge in [-0.05, 0) is 12.1 Å². The number of amides is 3. The molecule has 1 unspecified atom stereocenters. The second-order valence-electron chi connectivity index (χ2n) is 3.79. The molecule has 0 aromatic heterocycles. The Hall–Kier alpha value is -2.09. The summed E-state index contributed by atoms with van der Waals surface area (Å²) >= 11 is 0. The van der Waals surface area contributed by atoms with Gasteiger partial charge in [-0.2, -0.15) is 13.2 Å². The summed E-state index contributed by atoms with van der Waals surface area (Å²) in [6.07, 6.45) is -5.06. The highest BCUT2D eigenvalue weighted by atomic mass is 19.4. The van der Waals surface area contributed by atoms with E-state index in [0.717, 1.165) is 0 Å². The Labute approximate surface area is 105 Å². The maximum absolute atomic E-state index is 12.9. The van der Waals surface area contributed by atoms with Crippen LogP contribution in [-0.4, -0.2) is 30.9 Å². The smallest absolute Gasteiger partial charge is 0.344 e. The highest BCUT2D eigenvalue weighted by Gasteiger charge is 2.69. The number of hydrogen-bond donors (Lipinski definition) is 1. The van der Waals surface area contributed by atoms with Crippen molar-refractivity contribution in [1.82, 2.24) is 5.32 Å². The number of ether oxygens (including phenoxy) is 1. The minimum absolute atomic E-state index is 0.0353. The van der Waals surface area contributed by atoms with Gasteiger partial charge in [-0.1, -0.05) is 18.2 Å². The molecular weight excluding hydrogens is 265 g/mol. The number of carbonyl (C=O) groups is 2. The fraction of sp³-hybridized carbons (Fsp3) is 0.273. The first-order valence-electron chi connectivity index (χ1n) is 5.17. The maximum Gasteiger partial charge on any atom is 0.446 e. The molecule has 0 aliphatic carbocycles. The number of alkyl halides is 3. The molecule has 0 radical (unpaired) electrons. The summed E-state index contributed by atoms with van der Waals surface area (Å²) in [6, 6.07) is 6.11. The maximum atomic E-state index is 12.9. The molecule has 0 spiro atoms. The Kier molecular flexibility index (Phi) is 2.97. The van der Waals surface area contributed by atoms with Crippen molar-refractivity contribution in [2.24, 2.45) is 0 Å². The summed E-state index contributed by atoms with van der Waals surface area (Å²) in [7, 11) is 0.708. The molecule has 0 bridgehead atoms. The lowest BCUT2D eigenvalue weighted by molar-refractivity contribution is -0.261. The highest BCUT2D eigenvalue weighted by Crippen LogP contribution is 2.37. The van der Waals surface area contributed by atoms with Crippen LogP contribution in [0.4, 0.5) is 23.7 Å². The van der Waals surface area contributed by atoms with Crippen LogP contribution in [0.1, 0.15) is 0 Å². The molecular formula is C11H9F3N2O3. The summed E-state index contributed by atoms with van der Waals surface area (Å²) in [6.45, 7) is 0. The summed E-state index contributed by atoms with van der Waals surface area (Å²) in [5.74, 6) is -1.52. The zero-order valence-corrected chi connectivity index (χ0v) is 9.69. The van der Waals surface area contributed by atoms with Crippen LogP contribution in [0, 0.1) is 0 Å². The van der Waals surface area contributed by atoms with E-state index in [4.69, 9.17) is 0 Å². The Morgan fingerprint density at radius 1 is 1.21 bits per heavy atom. The quantitative estimate of drug-likeness (QED) is 0.834. The van der Waals surface area contributed by atoms with Gasteiger partial charge in [-0.25, -0.2) is 9.69 Å². The topological polar surface area (TPSA) is 58.6 Å². The lowest BCUT2D eigenvalue weighted by atomic mass is 10.2. The van der Waals surface area contributed by atoms with Gasteiger partial charge in [0.2, 0.25) is 0 Å². The molecule has 1 heterocycles. The van der Waals surface area contributed by atoms with E-state index in [1.807, 2.05) is 0 Å². The van der Waals surface area contributed by atoms with E-state index in [1.165, 1.54) is 24.3 Å². The predicted octanol–water partition coefficient (Wildman–Crippen LogP) is 1.65.